The molecule has 2 rings (SSSR count). The van der Waals surface area contributed by atoms with Gasteiger partial charge in [-0.25, -0.2) is 4.68 Å². The van der Waals surface area contributed by atoms with Crippen molar-refractivity contribution in [2.24, 2.45) is 5.73 Å². The van der Waals surface area contributed by atoms with E-state index >= 15 is 0 Å². The molecule has 0 radical (unpaired) electrons. The van der Waals surface area contributed by atoms with Crippen molar-refractivity contribution in [2.75, 3.05) is 7.05 Å². The Morgan fingerprint density at radius 3 is 2.89 bits per heavy atom. The molecule has 0 aliphatic heterocycles. The van der Waals surface area contributed by atoms with E-state index in [2.05, 4.69) is 26.3 Å². The second-order valence-corrected chi connectivity index (χ2v) is 4.56. The zero-order chi connectivity index (χ0) is 13.1. The van der Waals surface area contributed by atoms with E-state index in [0.29, 0.717) is 12.2 Å². The quantitative estimate of drug-likeness (QED) is 0.901. The fourth-order valence-corrected chi connectivity index (χ4v) is 2.09. The Bertz CT molecular complexity index is 579. The highest BCUT2D eigenvalue weighted by Gasteiger charge is 2.08. The summed E-state index contributed by atoms with van der Waals surface area (Å²) in [5, 5.41) is 6.74. The number of nitrogens with one attached hydrogen (secondary N) is 1. The minimum absolute atomic E-state index is 0.202. The lowest BCUT2D eigenvalue weighted by Crippen LogP contribution is -2.18. The molecule has 2 aromatic rings. The Morgan fingerprint density at radius 2 is 2.28 bits per heavy atom. The van der Waals surface area contributed by atoms with Crippen molar-refractivity contribution in [1.82, 2.24) is 15.1 Å². The highest BCUT2D eigenvalue weighted by Crippen LogP contribution is 2.20. The van der Waals surface area contributed by atoms with Crippen LogP contribution < -0.4 is 11.1 Å². The van der Waals surface area contributed by atoms with Gasteiger partial charge in [0.2, 0.25) is 0 Å². The maximum atomic E-state index is 11.4. The number of carbonyl (C=O) groups is 1. The molecule has 1 aromatic heterocycles. The molecule has 1 amide bonds. The number of carbonyl (C=O) groups excluding carboxylic acids is 1. The zero-order valence-electron chi connectivity index (χ0n) is 9.85. The molecule has 6 heteroatoms. The number of hydrogen-bond acceptors (Lipinski definition) is 3. The molecular weight excluding hydrogens is 296 g/mol. The van der Waals surface area contributed by atoms with Crippen LogP contribution in [-0.2, 0) is 6.54 Å². The normalized spacial score (nSPS) is 10.4. The van der Waals surface area contributed by atoms with E-state index in [1.54, 1.807) is 24.0 Å². The van der Waals surface area contributed by atoms with Crippen molar-refractivity contribution in [3.63, 3.8) is 0 Å². The van der Waals surface area contributed by atoms with Gasteiger partial charge in [0.1, 0.15) is 0 Å². The summed E-state index contributed by atoms with van der Waals surface area (Å²) in [6, 6.07) is 7.43. The highest BCUT2D eigenvalue weighted by atomic mass is 79.9. The van der Waals surface area contributed by atoms with Gasteiger partial charge in [0.05, 0.1) is 5.69 Å². The van der Waals surface area contributed by atoms with E-state index in [-0.39, 0.29) is 5.91 Å². The third-order valence-electron chi connectivity index (χ3n) is 2.57. The third-order valence-corrected chi connectivity index (χ3v) is 3.31. The molecule has 0 saturated heterocycles. The van der Waals surface area contributed by atoms with Gasteiger partial charge >= 0.3 is 0 Å². The molecule has 5 nitrogen and oxygen atoms in total. The number of benzene rings is 1. The van der Waals surface area contributed by atoms with E-state index in [4.69, 9.17) is 5.73 Å². The Labute approximate surface area is 113 Å². The SMILES string of the molecule is CNC(=O)c1ccn(-c2ccc(CN)c(Br)c2)n1. The van der Waals surface area contributed by atoms with Gasteiger partial charge < -0.3 is 11.1 Å². The molecule has 0 aliphatic rings. The molecule has 0 fully saturated rings. The molecule has 0 aliphatic carbocycles. The molecule has 18 heavy (non-hydrogen) atoms. The van der Waals surface area contributed by atoms with Crippen molar-refractivity contribution < 1.29 is 4.79 Å². The Hall–Kier alpha value is -1.66. The van der Waals surface area contributed by atoms with Crippen LogP contribution in [0.3, 0.4) is 0 Å². The topological polar surface area (TPSA) is 72.9 Å². The van der Waals surface area contributed by atoms with Crippen LogP contribution in [0.2, 0.25) is 0 Å². The Balaban J connectivity index is 2.34. The smallest absolute Gasteiger partial charge is 0.271 e. The van der Waals surface area contributed by atoms with Crippen molar-refractivity contribution >= 4 is 21.8 Å². The summed E-state index contributed by atoms with van der Waals surface area (Å²) < 4.78 is 2.58. The summed E-state index contributed by atoms with van der Waals surface area (Å²) in [4.78, 5) is 11.4. The first kappa shape index (κ1) is 12.8. The van der Waals surface area contributed by atoms with Crippen molar-refractivity contribution in [2.45, 2.75) is 6.54 Å². The molecule has 0 bridgehead atoms. The summed E-state index contributed by atoms with van der Waals surface area (Å²) in [7, 11) is 1.58. The second kappa shape index (κ2) is 5.32. The minimum atomic E-state index is -0.202. The standard InChI is InChI=1S/C12H13BrN4O/c1-15-12(18)11-4-5-17(16-11)9-3-2-8(7-14)10(13)6-9/h2-6H,7,14H2,1H3,(H,15,18). The summed E-state index contributed by atoms with van der Waals surface area (Å²) in [5.41, 5.74) is 7.88. The summed E-state index contributed by atoms with van der Waals surface area (Å²) >= 11 is 3.45. The maximum absolute atomic E-state index is 11.4. The molecule has 0 saturated carbocycles. The third kappa shape index (κ3) is 2.44. The van der Waals surface area contributed by atoms with Crippen LogP contribution in [0.5, 0.6) is 0 Å². The molecule has 0 unspecified atom stereocenters. The van der Waals surface area contributed by atoms with E-state index < -0.39 is 0 Å². The monoisotopic (exact) mass is 308 g/mol. The van der Waals surface area contributed by atoms with Crippen molar-refractivity contribution in [3.05, 3.63) is 46.2 Å². The molecule has 1 heterocycles. The van der Waals surface area contributed by atoms with Gasteiger partial charge in [-0.05, 0) is 23.8 Å². The predicted molar refractivity (Wildman–Crippen MR) is 72.5 cm³/mol. The van der Waals surface area contributed by atoms with Gasteiger partial charge in [-0.15, -0.1) is 0 Å². The summed E-state index contributed by atoms with van der Waals surface area (Å²) in [6.45, 7) is 0.476. The lowest BCUT2D eigenvalue weighted by molar-refractivity contribution is 0.0958. The minimum Gasteiger partial charge on any atom is -0.354 e. The van der Waals surface area contributed by atoms with Crippen LogP contribution in [0.1, 0.15) is 16.1 Å². The van der Waals surface area contributed by atoms with Crippen LogP contribution >= 0.6 is 15.9 Å². The van der Waals surface area contributed by atoms with E-state index in [9.17, 15) is 4.79 Å². The average Bonchev–Trinajstić information content (AvgIpc) is 2.87. The Morgan fingerprint density at radius 1 is 1.50 bits per heavy atom. The number of hydrogen-bond donors (Lipinski definition) is 2. The summed E-state index contributed by atoms with van der Waals surface area (Å²) in [5.74, 6) is -0.202. The molecule has 3 N–H and O–H groups in total. The summed E-state index contributed by atoms with van der Waals surface area (Å²) in [6.07, 6.45) is 1.74. The number of halogens is 1. The van der Waals surface area contributed by atoms with E-state index in [0.717, 1.165) is 15.7 Å². The molecule has 0 atom stereocenters. The number of aromatic nitrogens is 2. The van der Waals surface area contributed by atoms with E-state index in [1.807, 2.05) is 18.2 Å². The van der Waals surface area contributed by atoms with E-state index in [1.165, 1.54) is 0 Å². The second-order valence-electron chi connectivity index (χ2n) is 3.70. The zero-order valence-corrected chi connectivity index (χ0v) is 11.4. The first-order valence-electron chi connectivity index (χ1n) is 5.42. The molecule has 94 valence electrons. The first-order valence-corrected chi connectivity index (χ1v) is 6.21. The van der Waals surface area contributed by atoms with Crippen LogP contribution in [0.15, 0.2) is 34.9 Å². The largest absolute Gasteiger partial charge is 0.354 e. The maximum Gasteiger partial charge on any atom is 0.271 e. The van der Waals surface area contributed by atoms with Gasteiger partial charge in [0.15, 0.2) is 5.69 Å². The number of nitrogens with two attached hydrogens (primary N) is 1. The van der Waals surface area contributed by atoms with Crippen LogP contribution in [0.4, 0.5) is 0 Å². The molecule has 1 aromatic carbocycles. The fourth-order valence-electron chi connectivity index (χ4n) is 1.56. The van der Waals surface area contributed by atoms with Crippen molar-refractivity contribution in [3.8, 4) is 5.69 Å². The van der Waals surface area contributed by atoms with Gasteiger partial charge in [-0.1, -0.05) is 22.0 Å². The van der Waals surface area contributed by atoms with Gasteiger partial charge in [-0.2, -0.15) is 5.10 Å². The predicted octanol–water partition coefficient (Wildman–Crippen LogP) is 1.45. The molecular formula is C12H13BrN4O. The number of amides is 1. The Kier molecular flexibility index (Phi) is 3.78. The van der Waals surface area contributed by atoms with Crippen LogP contribution in [0, 0.1) is 0 Å². The van der Waals surface area contributed by atoms with Crippen molar-refractivity contribution in [1.29, 1.82) is 0 Å². The van der Waals surface area contributed by atoms with Gasteiger partial charge in [0, 0.05) is 24.3 Å². The first-order chi connectivity index (χ1) is 8.65. The lowest BCUT2D eigenvalue weighted by atomic mass is 10.2. The number of rotatable bonds is 3. The average molecular weight is 309 g/mol. The molecule has 0 spiro atoms. The highest BCUT2D eigenvalue weighted by molar-refractivity contribution is 9.10. The van der Waals surface area contributed by atoms with Gasteiger partial charge in [-0.3, -0.25) is 4.79 Å². The number of nitrogens with zero attached hydrogens (tertiary/aromatic N) is 2. The van der Waals surface area contributed by atoms with Gasteiger partial charge in [0.25, 0.3) is 5.91 Å². The fraction of sp³-hybridized carbons (Fsp3) is 0.167. The van der Waals surface area contributed by atoms with Crippen LogP contribution in [-0.4, -0.2) is 22.7 Å². The van der Waals surface area contributed by atoms with Crippen LogP contribution in [0.25, 0.3) is 5.69 Å². The lowest BCUT2D eigenvalue weighted by Gasteiger charge is -2.05.